The summed E-state index contributed by atoms with van der Waals surface area (Å²) in [5.74, 6) is 0. The summed E-state index contributed by atoms with van der Waals surface area (Å²) in [4.78, 5) is 1.89. The molecular weight excluding hydrogens is 214 g/mol. The fraction of sp³-hybridized carbons (Fsp3) is 0.357. The lowest BCUT2D eigenvalue weighted by Crippen LogP contribution is -2.36. The van der Waals surface area contributed by atoms with Crippen molar-refractivity contribution in [2.24, 2.45) is 0 Å². The molecule has 17 heavy (non-hydrogen) atoms. The summed E-state index contributed by atoms with van der Waals surface area (Å²) >= 11 is 0. The Kier molecular flexibility index (Phi) is 4.18. The predicted molar refractivity (Wildman–Crippen MR) is 68.2 cm³/mol. The number of benzene rings is 1. The molecule has 1 aliphatic rings. The Morgan fingerprint density at radius 3 is 2.82 bits per heavy atom. The van der Waals surface area contributed by atoms with Crippen LogP contribution in [0.2, 0.25) is 0 Å². The maximum Gasteiger partial charge on any atom is 0.252 e. The fourth-order valence-corrected chi connectivity index (χ4v) is 1.79. The zero-order valence-corrected chi connectivity index (χ0v) is 10.2. The van der Waals surface area contributed by atoms with E-state index in [2.05, 4.69) is 18.9 Å². The molecule has 0 fully saturated rings. The van der Waals surface area contributed by atoms with Gasteiger partial charge in [-0.3, -0.25) is 0 Å². The van der Waals surface area contributed by atoms with Crippen molar-refractivity contribution in [3.05, 3.63) is 42.6 Å². The molecule has 1 aromatic rings. The van der Waals surface area contributed by atoms with Gasteiger partial charge in [-0.1, -0.05) is 24.3 Å². The quantitative estimate of drug-likeness (QED) is 0.777. The van der Waals surface area contributed by atoms with Crippen molar-refractivity contribution < 1.29 is 9.47 Å². The number of rotatable bonds is 5. The average Bonchev–Trinajstić information content (AvgIpc) is 2.37. The first-order chi connectivity index (χ1) is 8.36. The average molecular weight is 231 g/mol. The Morgan fingerprint density at radius 2 is 2.06 bits per heavy atom. The Balaban J connectivity index is 2.23. The van der Waals surface area contributed by atoms with Crippen LogP contribution in [0, 0.1) is 6.73 Å². The number of hydrogen-bond acceptors (Lipinski definition) is 3. The molecule has 3 nitrogen and oxygen atoms in total. The zero-order chi connectivity index (χ0) is 12.1. The van der Waals surface area contributed by atoms with E-state index in [1.54, 1.807) is 0 Å². The summed E-state index contributed by atoms with van der Waals surface area (Å²) in [6.07, 6.45) is 3.94. The maximum atomic E-state index is 5.65. The molecule has 1 atom stereocenters. The van der Waals surface area contributed by atoms with Gasteiger partial charge in [-0.05, 0) is 31.6 Å². The van der Waals surface area contributed by atoms with Crippen LogP contribution in [-0.4, -0.2) is 19.4 Å². The molecule has 0 saturated heterocycles. The zero-order valence-electron chi connectivity index (χ0n) is 10.2. The molecule has 0 aliphatic carbocycles. The van der Waals surface area contributed by atoms with Crippen molar-refractivity contribution in [1.82, 2.24) is 0 Å². The van der Waals surface area contributed by atoms with E-state index >= 15 is 0 Å². The first-order valence-electron chi connectivity index (χ1n) is 5.92. The molecule has 1 aromatic carbocycles. The lowest BCUT2D eigenvalue weighted by atomic mass is 10.1. The van der Waals surface area contributed by atoms with Crippen LogP contribution < -0.4 is 4.90 Å². The maximum absolute atomic E-state index is 5.65. The molecule has 0 amide bonds. The lowest BCUT2D eigenvalue weighted by Gasteiger charge is -2.33. The minimum absolute atomic E-state index is 0.138. The van der Waals surface area contributed by atoms with Crippen LogP contribution in [0.1, 0.15) is 19.4 Å². The van der Waals surface area contributed by atoms with Crippen molar-refractivity contribution in [2.75, 3.05) is 18.1 Å². The molecule has 1 heterocycles. The van der Waals surface area contributed by atoms with Crippen LogP contribution in [0.15, 0.2) is 30.3 Å². The number of para-hydroxylation sites is 1. The van der Waals surface area contributed by atoms with Crippen LogP contribution in [0.3, 0.4) is 0 Å². The Hall–Kier alpha value is -1.32. The van der Waals surface area contributed by atoms with Crippen LogP contribution in [0.25, 0.3) is 6.08 Å². The third kappa shape index (κ3) is 2.68. The summed E-state index contributed by atoms with van der Waals surface area (Å²) < 4.78 is 10.9. The van der Waals surface area contributed by atoms with Crippen molar-refractivity contribution >= 4 is 11.8 Å². The van der Waals surface area contributed by atoms with E-state index in [9.17, 15) is 0 Å². The number of fused-ring (bicyclic) bond motifs is 1. The topological polar surface area (TPSA) is 21.7 Å². The fourth-order valence-electron chi connectivity index (χ4n) is 1.79. The Labute approximate surface area is 103 Å². The van der Waals surface area contributed by atoms with Gasteiger partial charge in [0.25, 0.3) is 6.73 Å². The third-order valence-corrected chi connectivity index (χ3v) is 2.54. The summed E-state index contributed by atoms with van der Waals surface area (Å²) in [6, 6.07) is 8.12. The van der Waals surface area contributed by atoms with Crippen LogP contribution in [0.4, 0.5) is 5.69 Å². The van der Waals surface area contributed by atoms with Crippen molar-refractivity contribution in [3.8, 4) is 0 Å². The van der Waals surface area contributed by atoms with Gasteiger partial charge in [0.15, 0.2) is 6.23 Å². The van der Waals surface area contributed by atoms with Crippen molar-refractivity contribution in [2.45, 2.75) is 20.1 Å². The minimum atomic E-state index is -0.138. The van der Waals surface area contributed by atoms with Crippen LogP contribution in [-0.2, 0) is 9.47 Å². The summed E-state index contributed by atoms with van der Waals surface area (Å²) in [7, 11) is 0. The molecule has 90 valence electrons. The molecule has 2 rings (SSSR count). The lowest BCUT2D eigenvalue weighted by molar-refractivity contribution is 0.0793. The highest BCUT2D eigenvalue weighted by molar-refractivity contribution is 5.72. The van der Waals surface area contributed by atoms with E-state index in [1.165, 1.54) is 0 Å². The van der Waals surface area contributed by atoms with Gasteiger partial charge in [-0.15, -0.1) is 0 Å². The SMILES string of the molecule is CCO[C]N1c2ccccc2C=CC1OCC. The first kappa shape index (κ1) is 12.1. The summed E-state index contributed by atoms with van der Waals surface area (Å²) in [5.41, 5.74) is 2.21. The van der Waals surface area contributed by atoms with Crippen molar-refractivity contribution in [3.63, 3.8) is 0 Å². The molecule has 1 aliphatic heterocycles. The smallest absolute Gasteiger partial charge is 0.252 e. The van der Waals surface area contributed by atoms with Gasteiger partial charge >= 0.3 is 0 Å². The normalized spacial score (nSPS) is 18.2. The van der Waals surface area contributed by atoms with E-state index in [0.717, 1.165) is 11.3 Å². The van der Waals surface area contributed by atoms with Crippen LogP contribution >= 0.6 is 0 Å². The Morgan fingerprint density at radius 1 is 1.24 bits per heavy atom. The van der Waals surface area contributed by atoms with E-state index in [0.29, 0.717) is 13.2 Å². The standard InChI is InChI=1S/C14H17NO2/c1-3-16-11-15-13-8-6-5-7-12(13)9-10-14(15)17-4-2/h5-10,14H,3-4H2,1-2H3. The van der Waals surface area contributed by atoms with Gasteiger partial charge in [-0.2, -0.15) is 0 Å². The predicted octanol–water partition coefficient (Wildman–Crippen LogP) is 2.92. The number of nitrogens with zero attached hydrogens (tertiary/aromatic N) is 1. The molecule has 0 spiro atoms. The third-order valence-electron chi connectivity index (χ3n) is 2.54. The summed E-state index contributed by atoms with van der Waals surface area (Å²) in [6.45, 7) is 8.09. The second-order valence-corrected chi connectivity index (χ2v) is 3.66. The first-order valence-corrected chi connectivity index (χ1v) is 5.92. The van der Waals surface area contributed by atoms with Gasteiger partial charge in [0, 0.05) is 18.9 Å². The van der Waals surface area contributed by atoms with Gasteiger partial charge in [-0.25, -0.2) is 0 Å². The second kappa shape index (κ2) is 5.84. The molecule has 0 saturated carbocycles. The molecule has 2 radical (unpaired) electrons. The number of anilines is 1. The van der Waals surface area contributed by atoms with Crippen LogP contribution in [0.5, 0.6) is 0 Å². The Bertz CT molecular complexity index is 390. The second-order valence-electron chi connectivity index (χ2n) is 3.66. The highest BCUT2D eigenvalue weighted by Gasteiger charge is 2.23. The monoisotopic (exact) mass is 231 g/mol. The largest absolute Gasteiger partial charge is 0.355 e. The highest BCUT2D eigenvalue weighted by atomic mass is 16.5. The minimum Gasteiger partial charge on any atom is -0.355 e. The molecule has 1 unspecified atom stereocenters. The van der Waals surface area contributed by atoms with Gasteiger partial charge in [0.2, 0.25) is 0 Å². The number of hydrogen-bond donors (Lipinski definition) is 0. The molecular formula is C14H17NO2. The number of ether oxygens (including phenoxy) is 2. The van der Waals surface area contributed by atoms with E-state index in [1.807, 2.05) is 43.0 Å². The molecule has 0 aromatic heterocycles. The highest BCUT2D eigenvalue weighted by Crippen LogP contribution is 2.30. The molecule has 0 bridgehead atoms. The van der Waals surface area contributed by atoms with Gasteiger partial charge in [0.05, 0.1) is 0 Å². The molecule has 3 heteroatoms. The summed E-state index contributed by atoms with van der Waals surface area (Å²) in [5, 5.41) is 0. The van der Waals surface area contributed by atoms with Gasteiger partial charge < -0.3 is 14.4 Å². The van der Waals surface area contributed by atoms with E-state index < -0.39 is 0 Å². The van der Waals surface area contributed by atoms with Gasteiger partial charge in [0.1, 0.15) is 0 Å². The van der Waals surface area contributed by atoms with E-state index in [-0.39, 0.29) is 6.23 Å². The van der Waals surface area contributed by atoms with E-state index in [4.69, 9.17) is 9.47 Å². The van der Waals surface area contributed by atoms with Crippen molar-refractivity contribution in [1.29, 1.82) is 0 Å². The molecule has 0 N–H and O–H groups in total.